The Labute approximate surface area is 103 Å². The molecular weight excluding hydrogens is 270 g/mol. The van der Waals surface area contributed by atoms with Crippen LogP contribution in [-0.4, -0.2) is 30.9 Å². The van der Waals surface area contributed by atoms with E-state index in [-0.39, 0.29) is 6.10 Å². The van der Waals surface area contributed by atoms with Crippen LogP contribution in [0, 0.1) is 0 Å². The maximum absolute atomic E-state index is 10.1. The standard InChI is InChI=1S/C12H14BrNO2/c13-8-1-2-10-11(5-8)14-3-4-16-7-9(14)6-12(10)15/h1-2,5,9,12,15H,3-4,6-7H2/t9-,12+/m0/s1. The highest BCUT2D eigenvalue weighted by atomic mass is 79.9. The second-order valence-electron chi connectivity index (χ2n) is 4.38. The number of nitrogens with zero attached hydrogens (tertiary/aromatic N) is 1. The molecule has 0 saturated carbocycles. The molecule has 2 atom stereocenters. The molecule has 1 aromatic carbocycles. The Morgan fingerprint density at radius 1 is 1.44 bits per heavy atom. The van der Waals surface area contributed by atoms with Gasteiger partial charge in [-0.25, -0.2) is 0 Å². The lowest BCUT2D eigenvalue weighted by molar-refractivity contribution is 0.0611. The van der Waals surface area contributed by atoms with Crippen LogP contribution in [0.15, 0.2) is 22.7 Å². The van der Waals surface area contributed by atoms with Crippen LogP contribution in [0.2, 0.25) is 0 Å². The van der Waals surface area contributed by atoms with E-state index in [2.05, 4.69) is 26.9 Å². The molecule has 0 radical (unpaired) electrons. The zero-order valence-electron chi connectivity index (χ0n) is 8.90. The summed E-state index contributed by atoms with van der Waals surface area (Å²) in [5, 5.41) is 10.1. The molecule has 3 nitrogen and oxygen atoms in total. The molecule has 0 spiro atoms. The van der Waals surface area contributed by atoms with Crippen molar-refractivity contribution in [1.29, 1.82) is 0 Å². The van der Waals surface area contributed by atoms with Crippen molar-refractivity contribution in [2.24, 2.45) is 0 Å². The number of morpholine rings is 1. The van der Waals surface area contributed by atoms with E-state index >= 15 is 0 Å². The quantitative estimate of drug-likeness (QED) is 0.792. The Kier molecular flexibility index (Phi) is 2.65. The fraction of sp³-hybridized carbons (Fsp3) is 0.500. The topological polar surface area (TPSA) is 32.7 Å². The fourth-order valence-corrected chi connectivity index (χ4v) is 2.95. The van der Waals surface area contributed by atoms with Crippen LogP contribution >= 0.6 is 15.9 Å². The number of fused-ring (bicyclic) bond motifs is 3. The van der Waals surface area contributed by atoms with Crippen LogP contribution in [0.1, 0.15) is 18.1 Å². The number of aliphatic hydroxyl groups excluding tert-OH is 1. The van der Waals surface area contributed by atoms with E-state index in [0.717, 1.165) is 41.9 Å². The van der Waals surface area contributed by atoms with Crippen molar-refractivity contribution in [2.75, 3.05) is 24.7 Å². The van der Waals surface area contributed by atoms with E-state index in [9.17, 15) is 5.11 Å². The number of halogens is 1. The zero-order valence-corrected chi connectivity index (χ0v) is 10.5. The molecule has 2 aliphatic rings. The van der Waals surface area contributed by atoms with E-state index < -0.39 is 0 Å². The summed E-state index contributed by atoms with van der Waals surface area (Å²) in [6, 6.07) is 6.42. The molecular formula is C12H14BrNO2. The summed E-state index contributed by atoms with van der Waals surface area (Å²) < 4.78 is 6.53. The van der Waals surface area contributed by atoms with Gasteiger partial charge in [0.2, 0.25) is 0 Å². The summed E-state index contributed by atoms with van der Waals surface area (Å²) in [6.45, 7) is 2.42. The Hall–Kier alpha value is -0.580. The first-order valence-corrected chi connectivity index (χ1v) is 6.37. The zero-order chi connectivity index (χ0) is 11.1. The first kappa shape index (κ1) is 10.6. The second-order valence-corrected chi connectivity index (χ2v) is 5.29. The lowest BCUT2D eigenvalue weighted by Gasteiger charge is -2.43. The minimum Gasteiger partial charge on any atom is -0.388 e. The van der Waals surface area contributed by atoms with E-state index in [0.29, 0.717) is 6.04 Å². The summed E-state index contributed by atoms with van der Waals surface area (Å²) in [5.74, 6) is 0. The van der Waals surface area contributed by atoms with Gasteiger partial charge in [-0.2, -0.15) is 0 Å². The third kappa shape index (κ3) is 1.65. The molecule has 3 rings (SSSR count). The van der Waals surface area contributed by atoms with Crippen LogP contribution in [0.4, 0.5) is 5.69 Å². The van der Waals surface area contributed by atoms with Crippen molar-refractivity contribution in [3.63, 3.8) is 0 Å². The van der Waals surface area contributed by atoms with Crippen molar-refractivity contribution < 1.29 is 9.84 Å². The predicted octanol–water partition coefficient (Wildman–Crippen LogP) is 2.09. The molecule has 1 saturated heterocycles. The number of rotatable bonds is 0. The summed E-state index contributed by atoms with van der Waals surface area (Å²) >= 11 is 3.49. The van der Waals surface area contributed by atoms with Crippen molar-refractivity contribution in [2.45, 2.75) is 18.6 Å². The average molecular weight is 284 g/mol. The lowest BCUT2D eigenvalue weighted by Crippen LogP contribution is -2.49. The smallest absolute Gasteiger partial charge is 0.0830 e. The minimum atomic E-state index is -0.356. The van der Waals surface area contributed by atoms with Gasteiger partial charge in [-0.15, -0.1) is 0 Å². The normalized spacial score (nSPS) is 28.5. The van der Waals surface area contributed by atoms with Gasteiger partial charge in [0, 0.05) is 28.7 Å². The maximum atomic E-state index is 10.1. The Balaban J connectivity index is 2.05. The highest BCUT2D eigenvalue weighted by Gasteiger charge is 2.33. The van der Waals surface area contributed by atoms with Gasteiger partial charge in [0.25, 0.3) is 0 Å². The molecule has 86 valence electrons. The van der Waals surface area contributed by atoms with Gasteiger partial charge in [0.1, 0.15) is 0 Å². The van der Waals surface area contributed by atoms with Gasteiger partial charge < -0.3 is 14.7 Å². The molecule has 0 amide bonds. The van der Waals surface area contributed by atoms with E-state index in [4.69, 9.17) is 4.74 Å². The van der Waals surface area contributed by atoms with Crippen molar-refractivity contribution in [3.05, 3.63) is 28.2 Å². The second kappa shape index (κ2) is 4.02. The summed E-state index contributed by atoms with van der Waals surface area (Å²) in [7, 11) is 0. The molecule has 0 bridgehead atoms. The summed E-state index contributed by atoms with van der Waals surface area (Å²) in [5.41, 5.74) is 2.20. The Bertz CT molecular complexity index is 410. The molecule has 2 aliphatic heterocycles. The number of anilines is 1. The molecule has 0 aromatic heterocycles. The fourth-order valence-electron chi connectivity index (χ4n) is 2.60. The first-order chi connectivity index (χ1) is 7.75. The molecule has 16 heavy (non-hydrogen) atoms. The monoisotopic (exact) mass is 283 g/mol. The largest absolute Gasteiger partial charge is 0.388 e. The average Bonchev–Trinajstić information content (AvgIpc) is 2.29. The van der Waals surface area contributed by atoms with E-state index in [1.54, 1.807) is 0 Å². The SMILES string of the molecule is O[C@@H]1C[C@H]2COCCN2c2cc(Br)ccc21. The third-order valence-electron chi connectivity index (χ3n) is 3.38. The minimum absolute atomic E-state index is 0.325. The van der Waals surface area contributed by atoms with E-state index in [1.807, 2.05) is 12.1 Å². The predicted molar refractivity (Wildman–Crippen MR) is 65.7 cm³/mol. The summed E-state index contributed by atoms with van der Waals surface area (Å²) in [4.78, 5) is 2.36. The van der Waals surface area contributed by atoms with Gasteiger partial charge >= 0.3 is 0 Å². The van der Waals surface area contributed by atoms with Crippen molar-refractivity contribution in [1.82, 2.24) is 0 Å². The third-order valence-corrected chi connectivity index (χ3v) is 3.88. The summed E-state index contributed by atoms with van der Waals surface area (Å²) in [6.07, 6.45) is 0.417. The van der Waals surface area contributed by atoms with Crippen LogP contribution < -0.4 is 4.90 Å². The number of aliphatic hydroxyl groups is 1. The number of hydrogen-bond donors (Lipinski definition) is 1. The van der Waals surface area contributed by atoms with Crippen molar-refractivity contribution in [3.8, 4) is 0 Å². The molecule has 4 heteroatoms. The van der Waals surface area contributed by atoms with Crippen molar-refractivity contribution >= 4 is 21.6 Å². The van der Waals surface area contributed by atoms with Gasteiger partial charge in [0.15, 0.2) is 0 Å². The van der Waals surface area contributed by atoms with Crippen LogP contribution in [-0.2, 0) is 4.74 Å². The molecule has 0 aliphatic carbocycles. The molecule has 0 unspecified atom stereocenters. The lowest BCUT2D eigenvalue weighted by atomic mass is 9.93. The van der Waals surface area contributed by atoms with Gasteiger partial charge in [-0.05, 0) is 12.1 Å². The molecule has 1 N–H and O–H groups in total. The first-order valence-electron chi connectivity index (χ1n) is 5.57. The number of hydrogen-bond acceptors (Lipinski definition) is 3. The maximum Gasteiger partial charge on any atom is 0.0830 e. The number of ether oxygens (including phenoxy) is 1. The molecule has 1 aromatic rings. The molecule has 1 fully saturated rings. The molecule has 2 heterocycles. The van der Waals surface area contributed by atoms with Crippen LogP contribution in [0.25, 0.3) is 0 Å². The van der Waals surface area contributed by atoms with Gasteiger partial charge in [-0.3, -0.25) is 0 Å². The number of benzene rings is 1. The van der Waals surface area contributed by atoms with Crippen LogP contribution in [0.3, 0.4) is 0 Å². The highest BCUT2D eigenvalue weighted by molar-refractivity contribution is 9.10. The Morgan fingerprint density at radius 2 is 2.31 bits per heavy atom. The van der Waals surface area contributed by atoms with E-state index in [1.165, 1.54) is 0 Å². The highest BCUT2D eigenvalue weighted by Crippen LogP contribution is 2.39. The van der Waals surface area contributed by atoms with Gasteiger partial charge in [0.05, 0.1) is 25.4 Å². The van der Waals surface area contributed by atoms with Gasteiger partial charge in [-0.1, -0.05) is 22.0 Å². The Morgan fingerprint density at radius 3 is 3.19 bits per heavy atom. The van der Waals surface area contributed by atoms with Crippen LogP contribution in [0.5, 0.6) is 0 Å².